The van der Waals surface area contributed by atoms with Gasteiger partial charge in [0.1, 0.15) is 0 Å². The van der Waals surface area contributed by atoms with Crippen molar-refractivity contribution in [1.82, 2.24) is 5.32 Å². The fourth-order valence-corrected chi connectivity index (χ4v) is 3.72. The van der Waals surface area contributed by atoms with Gasteiger partial charge < -0.3 is 5.32 Å². The molecular formula is C21H28ClN. The molecule has 2 heteroatoms. The Hall–Kier alpha value is -1.31. The zero-order valence-electron chi connectivity index (χ0n) is 20.1. The molecule has 3 rings (SSSR count). The molecule has 2 aromatic carbocycles. The van der Waals surface area contributed by atoms with Gasteiger partial charge in [-0.05, 0) is 36.8 Å². The lowest BCUT2D eigenvalue weighted by atomic mass is 9.64. The lowest BCUT2D eigenvalue weighted by molar-refractivity contribution is 0.272. The summed E-state index contributed by atoms with van der Waals surface area (Å²) in [7, 11) is 0. The van der Waals surface area contributed by atoms with Crippen molar-refractivity contribution in [2.75, 3.05) is 0 Å². The minimum Gasteiger partial charge on any atom is -0.312 e. The van der Waals surface area contributed by atoms with Crippen LogP contribution in [-0.2, 0) is 5.41 Å². The molecule has 0 bridgehead atoms. The number of rotatable bonds is 4. The molecule has 0 unspecified atom stereocenters. The molecule has 1 fully saturated rings. The molecule has 0 heterocycles. The molecule has 2 aromatic rings. The first-order valence-corrected chi connectivity index (χ1v) is 7.88. The van der Waals surface area contributed by atoms with E-state index in [2.05, 4.69) is 29.6 Å². The highest BCUT2D eigenvalue weighted by Crippen LogP contribution is 2.44. The van der Waals surface area contributed by atoms with E-state index >= 15 is 0 Å². The second-order valence-corrected chi connectivity index (χ2v) is 6.11. The molecule has 0 amide bonds. The van der Waals surface area contributed by atoms with Gasteiger partial charge in [-0.25, -0.2) is 0 Å². The van der Waals surface area contributed by atoms with Crippen molar-refractivity contribution in [3.63, 3.8) is 0 Å². The topological polar surface area (TPSA) is 12.0 Å². The molecule has 0 aromatic heterocycles. The summed E-state index contributed by atoms with van der Waals surface area (Å²) >= 11 is 0. The van der Waals surface area contributed by atoms with Crippen molar-refractivity contribution < 1.29 is 9.60 Å². The Kier molecular flexibility index (Phi) is 3.66. The third-order valence-corrected chi connectivity index (χ3v) is 4.84. The summed E-state index contributed by atoms with van der Waals surface area (Å²) < 4.78 is 54.0. The molecule has 0 atom stereocenters. The number of halogens is 1. The highest BCUT2D eigenvalue weighted by molar-refractivity contribution is 5.85. The molecule has 1 nitrogen and oxygen atoms in total. The van der Waals surface area contributed by atoms with Crippen molar-refractivity contribution >= 4 is 12.4 Å². The van der Waals surface area contributed by atoms with Gasteiger partial charge in [-0.15, -0.1) is 12.4 Å². The van der Waals surface area contributed by atoms with Gasteiger partial charge in [0.05, 0.1) is 0 Å². The predicted molar refractivity (Wildman–Crippen MR) is 101 cm³/mol. The average Bonchev–Trinajstić information content (AvgIpc) is 2.68. The molecule has 0 saturated heterocycles. The molecule has 1 saturated carbocycles. The minimum atomic E-state index is -2.95. The van der Waals surface area contributed by atoms with Crippen LogP contribution in [0.3, 0.4) is 0 Å². The van der Waals surface area contributed by atoms with Crippen LogP contribution in [0, 0.1) is 0 Å². The quantitative estimate of drug-likeness (QED) is 0.795. The summed E-state index contributed by atoms with van der Waals surface area (Å²) in [5.74, 6) is 0. The van der Waals surface area contributed by atoms with E-state index in [1.54, 1.807) is 0 Å². The maximum absolute atomic E-state index is 8.25. The first kappa shape index (κ1) is 10.5. The van der Waals surface area contributed by atoms with Crippen molar-refractivity contribution in [2.24, 2.45) is 0 Å². The lowest BCUT2D eigenvalue weighted by Crippen LogP contribution is -2.42. The van der Waals surface area contributed by atoms with Gasteiger partial charge in [-0.3, -0.25) is 0 Å². The van der Waals surface area contributed by atoms with E-state index in [1.807, 2.05) is 36.4 Å². The van der Waals surface area contributed by atoms with Crippen molar-refractivity contribution in [2.45, 2.75) is 56.9 Å². The summed E-state index contributed by atoms with van der Waals surface area (Å²) in [6.07, 6.45) is 2.68. The predicted octanol–water partition coefficient (Wildman–Crippen LogP) is 5.34. The Morgan fingerprint density at radius 2 is 1.43 bits per heavy atom. The van der Waals surface area contributed by atoms with Crippen molar-refractivity contribution in [3.8, 4) is 0 Å². The van der Waals surface area contributed by atoms with E-state index in [-0.39, 0.29) is 23.9 Å². The van der Waals surface area contributed by atoms with Crippen LogP contribution in [0.25, 0.3) is 0 Å². The van der Waals surface area contributed by atoms with Gasteiger partial charge in [-0.2, -0.15) is 0 Å². The van der Waals surface area contributed by atoms with Gasteiger partial charge in [0, 0.05) is 27.1 Å². The summed E-state index contributed by atoms with van der Waals surface area (Å²) in [5.41, 5.74) is 2.20. The largest absolute Gasteiger partial charge is 0.312 e. The number of hydrogen-bond donors (Lipinski definition) is 1. The monoisotopic (exact) mass is 336 g/mol. The van der Waals surface area contributed by atoms with E-state index < -0.39 is 19.7 Å². The van der Waals surface area contributed by atoms with Crippen LogP contribution in [0.5, 0.6) is 0 Å². The summed E-state index contributed by atoms with van der Waals surface area (Å²) in [4.78, 5) is 0. The van der Waals surface area contributed by atoms with Crippen LogP contribution in [0.2, 0.25) is 0 Å². The summed E-state index contributed by atoms with van der Waals surface area (Å²) in [6, 6.07) is 17.5. The fraction of sp³-hybridized carbons (Fsp3) is 0.429. The Morgan fingerprint density at radius 1 is 0.957 bits per heavy atom. The van der Waals surface area contributed by atoms with E-state index in [4.69, 9.17) is 9.60 Å². The van der Waals surface area contributed by atoms with Crippen LogP contribution in [0.4, 0.5) is 0 Å². The molecule has 1 aliphatic carbocycles. The van der Waals surface area contributed by atoms with Gasteiger partial charge in [0.25, 0.3) is 0 Å². The van der Waals surface area contributed by atoms with Gasteiger partial charge in [0.2, 0.25) is 0 Å². The Morgan fingerprint density at radius 3 is 1.87 bits per heavy atom. The maximum atomic E-state index is 8.25. The highest BCUT2D eigenvalue weighted by atomic mass is 35.5. The third kappa shape index (κ3) is 3.97. The molecule has 1 N–H and O–H groups in total. The summed E-state index contributed by atoms with van der Waals surface area (Å²) in [6.45, 7) is -5.91. The zero-order valence-corrected chi connectivity index (χ0v) is 13.9. The standard InChI is InChI=1S/C21H27N.ClH/c1-17(2)22-20-13-15-21(16-14-20,18-9-5-3-6-10-18)19-11-7-4-8-12-19;/h3-12,17,20,22H,13-16H2,1-2H3;1H/i1D3,2D3,17D;. The normalized spacial score (nSPS) is 23.7. The van der Waals surface area contributed by atoms with E-state index in [9.17, 15) is 0 Å². The zero-order chi connectivity index (χ0) is 21.3. The minimum absolute atomic E-state index is 0. The van der Waals surface area contributed by atoms with Crippen LogP contribution in [0.1, 0.15) is 60.1 Å². The first-order valence-electron chi connectivity index (χ1n) is 11.4. The molecule has 1 aliphatic rings. The highest BCUT2D eigenvalue weighted by Gasteiger charge is 2.38. The third-order valence-electron chi connectivity index (χ3n) is 4.84. The second kappa shape index (κ2) is 7.99. The SMILES string of the molecule is Cl.[2H]C([2H])([2H])C([2H])(NC1CCC(c2ccccc2)(c2ccccc2)CC1)C([2H])([2H])[2H]. The Balaban J connectivity index is 0.00000320. The first-order chi connectivity index (χ1) is 13.5. The lowest BCUT2D eigenvalue weighted by Gasteiger charge is -2.42. The van der Waals surface area contributed by atoms with Crippen LogP contribution < -0.4 is 5.32 Å². The van der Waals surface area contributed by atoms with Crippen LogP contribution in [-0.4, -0.2) is 12.1 Å². The second-order valence-electron chi connectivity index (χ2n) is 6.11. The summed E-state index contributed by atoms with van der Waals surface area (Å²) in [5, 5.41) is 2.69. The van der Waals surface area contributed by atoms with E-state index in [0.717, 1.165) is 12.8 Å². The number of hydrogen-bond acceptors (Lipinski definition) is 1. The Bertz CT molecular complexity index is 742. The number of nitrogens with one attached hydrogen (secondary N) is 1. The van der Waals surface area contributed by atoms with Gasteiger partial charge in [0.15, 0.2) is 0 Å². The average molecular weight is 337 g/mol. The van der Waals surface area contributed by atoms with Crippen molar-refractivity contribution in [1.29, 1.82) is 0 Å². The van der Waals surface area contributed by atoms with E-state index in [0.29, 0.717) is 12.8 Å². The number of benzene rings is 2. The van der Waals surface area contributed by atoms with Crippen LogP contribution in [0.15, 0.2) is 60.7 Å². The maximum Gasteiger partial charge on any atom is 0.0459 e. The molecular weight excluding hydrogens is 302 g/mol. The van der Waals surface area contributed by atoms with Crippen LogP contribution >= 0.6 is 12.4 Å². The van der Waals surface area contributed by atoms with Gasteiger partial charge >= 0.3 is 0 Å². The fourth-order valence-electron chi connectivity index (χ4n) is 3.72. The molecule has 23 heavy (non-hydrogen) atoms. The Labute approximate surface area is 156 Å². The smallest absolute Gasteiger partial charge is 0.0459 e. The molecule has 124 valence electrons. The van der Waals surface area contributed by atoms with Crippen molar-refractivity contribution in [3.05, 3.63) is 71.8 Å². The van der Waals surface area contributed by atoms with E-state index in [1.165, 1.54) is 11.1 Å². The molecule has 0 aliphatic heterocycles. The molecule has 0 radical (unpaired) electrons. The molecule has 0 spiro atoms. The van der Waals surface area contributed by atoms with Gasteiger partial charge in [-0.1, -0.05) is 74.4 Å².